The average molecular weight is 310 g/mol. The molecule has 1 N–H and O–H groups in total. The number of rotatable bonds is 4. The third kappa shape index (κ3) is 2.85. The molecule has 3 rings (SSSR count). The first-order valence-electron chi connectivity index (χ1n) is 7.12. The van der Waals surface area contributed by atoms with Crippen LogP contribution < -0.4 is 5.32 Å². The number of hydrogen-bond acceptors (Lipinski definition) is 4. The van der Waals surface area contributed by atoms with Gasteiger partial charge in [-0.05, 0) is 37.0 Å². The number of fused-ring (bicyclic) bond motifs is 2. The highest BCUT2D eigenvalue weighted by Gasteiger charge is 2.39. The summed E-state index contributed by atoms with van der Waals surface area (Å²) >= 11 is 5.86. The van der Waals surface area contributed by atoms with Crippen LogP contribution >= 0.6 is 11.6 Å². The van der Waals surface area contributed by atoms with Gasteiger partial charge in [-0.15, -0.1) is 0 Å². The number of carbonyl (C=O) groups is 1. The van der Waals surface area contributed by atoms with Crippen molar-refractivity contribution in [1.82, 2.24) is 10.3 Å². The maximum Gasteiger partial charge on any atom is 0.288 e. The Balaban J connectivity index is 1.65. The van der Waals surface area contributed by atoms with E-state index in [1.807, 2.05) is 0 Å². The van der Waals surface area contributed by atoms with Crippen LogP contribution in [0.3, 0.4) is 0 Å². The van der Waals surface area contributed by atoms with Gasteiger partial charge in [0.2, 0.25) is 0 Å². The zero-order valence-electron chi connectivity index (χ0n) is 11.4. The minimum absolute atomic E-state index is 0.00829. The fourth-order valence-corrected chi connectivity index (χ4v) is 3.83. The first-order chi connectivity index (χ1) is 10.0. The summed E-state index contributed by atoms with van der Waals surface area (Å²) in [5.41, 5.74) is -0.168. The number of pyridine rings is 1. The Bertz CT molecular complexity index is 593. The minimum Gasteiger partial charge on any atom is -0.352 e. The van der Waals surface area contributed by atoms with Gasteiger partial charge in [-0.1, -0.05) is 18.0 Å². The van der Waals surface area contributed by atoms with E-state index in [9.17, 15) is 14.9 Å². The van der Waals surface area contributed by atoms with Gasteiger partial charge < -0.3 is 5.32 Å². The maximum atomic E-state index is 12.1. The van der Waals surface area contributed by atoms with Crippen LogP contribution in [0.5, 0.6) is 0 Å². The van der Waals surface area contributed by atoms with E-state index < -0.39 is 4.92 Å². The molecule has 2 bridgehead atoms. The smallest absolute Gasteiger partial charge is 0.288 e. The minimum atomic E-state index is -0.587. The third-order valence-electron chi connectivity index (χ3n) is 4.69. The lowest BCUT2D eigenvalue weighted by molar-refractivity contribution is -0.385. The monoisotopic (exact) mass is 309 g/mol. The lowest BCUT2D eigenvalue weighted by Crippen LogP contribution is -2.31. The summed E-state index contributed by atoms with van der Waals surface area (Å²) in [7, 11) is 0. The summed E-state index contributed by atoms with van der Waals surface area (Å²) in [6.07, 6.45) is 6.07. The second kappa shape index (κ2) is 5.60. The SMILES string of the molecule is O=C(NCC1CC2CCC1C2)c1cc([N+](=O)[O-])cnc1Cl. The Kier molecular flexibility index (Phi) is 3.80. The van der Waals surface area contributed by atoms with E-state index in [4.69, 9.17) is 11.6 Å². The van der Waals surface area contributed by atoms with Crippen LogP contribution in [0, 0.1) is 27.9 Å². The molecule has 1 aromatic rings. The van der Waals surface area contributed by atoms with E-state index in [0.29, 0.717) is 18.4 Å². The molecule has 0 radical (unpaired) electrons. The largest absolute Gasteiger partial charge is 0.352 e. The van der Waals surface area contributed by atoms with Crippen LogP contribution in [-0.2, 0) is 0 Å². The number of nitrogens with zero attached hydrogens (tertiary/aromatic N) is 2. The van der Waals surface area contributed by atoms with Crippen LogP contribution in [0.25, 0.3) is 0 Å². The molecule has 2 aliphatic carbocycles. The molecule has 3 unspecified atom stereocenters. The maximum absolute atomic E-state index is 12.1. The zero-order valence-corrected chi connectivity index (χ0v) is 12.2. The van der Waals surface area contributed by atoms with E-state index >= 15 is 0 Å². The van der Waals surface area contributed by atoms with Crippen molar-refractivity contribution in [3.63, 3.8) is 0 Å². The molecule has 1 heterocycles. The van der Waals surface area contributed by atoms with Gasteiger partial charge in [0.1, 0.15) is 11.3 Å². The predicted octanol–water partition coefficient (Wildman–Crippen LogP) is 2.81. The van der Waals surface area contributed by atoms with Crippen LogP contribution in [0.4, 0.5) is 5.69 Å². The van der Waals surface area contributed by atoms with Crippen molar-refractivity contribution in [2.45, 2.75) is 25.7 Å². The summed E-state index contributed by atoms with van der Waals surface area (Å²) < 4.78 is 0. The van der Waals surface area contributed by atoms with Crippen molar-refractivity contribution in [2.75, 3.05) is 6.54 Å². The molecule has 112 valence electrons. The first-order valence-corrected chi connectivity index (χ1v) is 7.50. The lowest BCUT2D eigenvalue weighted by Gasteiger charge is -2.21. The lowest BCUT2D eigenvalue weighted by atomic mass is 9.89. The molecule has 2 fully saturated rings. The molecule has 1 amide bonds. The number of nitro groups is 1. The van der Waals surface area contributed by atoms with Crippen molar-refractivity contribution < 1.29 is 9.72 Å². The van der Waals surface area contributed by atoms with E-state index in [0.717, 1.165) is 12.1 Å². The van der Waals surface area contributed by atoms with Gasteiger partial charge in [0, 0.05) is 12.6 Å². The highest BCUT2D eigenvalue weighted by molar-refractivity contribution is 6.32. The normalized spacial score (nSPS) is 26.8. The topological polar surface area (TPSA) is 85.1 Å². The molecule has 2 saturated carbocycles. The Morgan fingerprint density at radius 2 is 2.29 bits per heavy atom. The van der Waals surface area contributed by atoms with Crippen molar-refractivity contribution >= 4 is 23.2 Å². The van der Waals surface area contributed by atoms with Gasteiger partial charge in [-0.3, -0.25) is 14.9 Å². The molecular formula is C14H16ClN3O3. The average Bonchev–Trinajstić information content (AvgIpc) is 3.07. The van der Waals surface area contributed by atoms with E-state index in [1.54, 1.807) is 0 Å². The highest BCUT2D eigenvalue weighted by atomic mass is 35.5. The summed E-state index contributed by atoms with van der Waals surface area (Å²) in [5, 5.41) is 13.6. The Labute approximate surface area is 127 Å². The van der Waals surface area contributed by atoms with Gasteiger partial charge in [0.15, 0.2) is 0 Å². The Hall–Kier alpha value is -1.69. The Morgan fingerprint density at radius 1 is 1.48 bits per heavy atom. The third-order valence-corrected chi connectivity index (χ3v) is 4.99. The van der Waals surface area contributed by atoms with Crippen LogP contribution in [-0.4, -0.2) is 22.4 Å². The second-order valence-electron chi connectivity index (χ2n) is 5.93. The molecule has 0 saturated heterocycles. The fraction of sp³-hybridized carbons (Fsp3) is 0.571. The number of amides is 1. The molecule has 21 heavy (non-hydrogen) atoms. The molecule has 1 aromatic heterocycles. The number of aromatic nitrogens is 1. The summed E-state index contributed by atoms with van der Waals surface area (Å²) in [6, 6.07) is 1.17. The van der Waals surface area contributed by atoms with Crippen LogP contribution in [0.2, 0.25) is 5.15 Å². The molecule has 2 aliphatic rings. The van der Waals surface area contributed by atoms with Gasteiger partial charge in [-0.2, -0.15) is 0 Å². The van der Waals surface area contributed by atoms with E-state index in [1.165, 1.54) is 31.7 Å². The standard InChI is InChI=1S/C14H16ClN3O3/c15-13-12(5-11(7-16-13)18(20)21)14(19)17-6-10-4-8-1-2-9(10)3-8/h5,7-10H,1-4,6H2,(H,17,19). The number of carbonyl (C=O) groups excluding carboxylic acids is 1. The summed E-state index contributed by atoms with van der Waals surface area (Å²) in [5.74, 6) is 1.67. The van der Waals surface area contributed by atoms with E-state index in [-0.39, 0.29) is 22.3 Å². The molecule has 6 nitrogen and oxygen atoms in total. The molecule has 0 spiro atoms. The second-order valence-corrected chi connectivity index (χ2v) is 6.29. The molecule has 0 aromatic carbocycles. The molecule has 7 heteroatoms. The van der Waals surface area contributed by atoms with Gasteiger partial charge >= 0.3 is 0 Å². The fourth-order valence-electron chi connectivity index (χ4n) is 3.64. The van der Waals surface area contributed by atoms with Crippen molar-refractivity contribution in [3.8, 4) is 0 Å². The van der Waals surface area contributed by atoms with Crippen LogP contribution in [0.15, 0.2) is 12.3 Å². The quantitative estimate of drug-likeness (QED) is 0.526. The van der Waals surface area contributed by atoms with Crippen LogP contribution in [0.1, 0.15) is 36.0 Å². The Morgan fingerprint density at radius 3 is 2.90 bits per heavy atom. The first kappa shape index (κ1) is 14.3. The number of hydrogen-bond donors (Lipinski definition) is 1. The number of nitrogens with one attached hydrogen (secondary N) is 1. The molecular weight excluding hydrogens is 294 g/mol. The molecule has 0 aliphatic heterocycles. The zero-order chi connectivity index (χ0) is 15.0. The molecule has 3 atom stereocenters. The highest BCUT2D eigenvalue weighted by Crippen LogP contribution is 2.47. The van der Waals surface area contributed by atoms with Gasteiger partial charge in [-0.25, -0.2) is 4.98 Å². The van der Waals surface area contributed by atoms with Gasteiger partial charge in [0.05, 0.1) is 10.5 Å². The summed E-state index contributed by atoms with van der Waals surface area (Å²) in [4.78, 5) is 26.0. The van der Waals surface area contributed by atoms with Crippen molar-refractivity contribution in [1.29, 1.82) is 0 Å². The van der Waals surface area contributed by atoms with Crippen molar-refractivity contribution in [3.05, 3.63) is 33.1 Å². The predicted molar refractivity (Wildman–Crippen MR) is 77.2 cm³/mol. The number of halogens is 1. The van der Waals surface area contributed by atoms with Crippen molar-refractivity contribution in [2.24, 2.45) is 17.8 Å². The van der Waals surface area contributed by atoms with E-state index in [2.05, 4.69) is 10.3 Å². The summed E-state index contributed by atoms with van der Waals surface area (Å²) in [6.45, 7) is 0.610. The van der Waals surface area contributed by atoms with Gasteiger partial charge in [0.25, 0.3) is 11.6 Å².